The Balaban J connectivity index is 2.24. The predicted molar refractivity (Wildman–Crippen MR) is 80.3 cm³/mol. The lowest BCUT2D eigenvalue weighted by Crippen LogP contribution is -2.27. The summed E-state index contributed by atoms with van der Waals surface area (Å²) < 4.78 is 26.5. The van der Waals surface area contributed by atoms with Gasteiger partial charge in [-0.1, -0.05) is 11.6 Å². The molecule has 0 radical (unpaired) electrons. The van der Waals surface area contributed by atoms with Crippen molar-refractivity contribution < 1.29 is 18.5 Å². The molecule has 2 aromatic rings. The van der Waals surface area contributed by atoms with Crippen molar-refractivity contribution in [1.82, 2.24) is 4.90 Å². The second kappa shape index (κ2) is 6.70. The first-order valence-corrected chi connectivity index (χ1v) is 6.80. The molecular weight excluding hydrogens is 330 g/mol. The molecule has 5 nitrogen and oxygen atoms in total. The Labute approximate surface area is 135 Å². The Morgan fingerprint density at radius 2 is 1.96 bits per heavy atom. The summed E-state index contributed by atoms with van der Waals surface area (Å²) in [7, 11) is 1.39. The fourth-order valence-corrected chi connectivity index (χ4v) is 2.17. The molecule has 2 rings (SSSR count). The molecule has 0 atom stereocenters. The number of carbonyl (C=O) groups excluding carboxylic acids is 1. The molecule has 0 fully saturated rings. The number of hydrogen-bond donors (Lipinski definition) is 0. The van der Waals surface area contributed by atoms with Gasteiger partial charge in [0.1, 0.15) is 11.6 Å². The standard InChI is InChI=1S/C15H11ClF2N2O3/c1-19(15(21)12-4-2-10(17)7-14(12)18)8-9-6-11(20(22)23)3-5-13(9)16/h2-7H,8H2,1H3. The van der Waals surface area contributed by atoms with Crippen LogP contribution in [-0.4, -0.2) is 22.8 Å². The van der Waals surface area contributed by atoms with Crippen LogP contribution in [0.5, 0.6) is 0 Å². The highest BCUT2D eigenvalue weighted by Crippen LogP contribution is 2.24. The van der Waals surface area contributed by atoms with Gasteiger partial charge in [0, 0.05) is 36.8 Å². The maximum Gasteiger partial charge on any atom is 0.269 e. The molecule has 23 heavy (non-hydrogen) atoms. The minimum absolute atomic E-state index is 0.0594. The van der Waals surface area contributed by atoms with Gasteiger partial charge in [0.05, 0.1) is 10.5 Å². The summed E-state index contributed by atoms with van der Waals surface area (Å²) in [6.45, 7) is -0.0594. The van der Waals surface area contributed by atoms with Crippen molar-refractivity contribution in [3.05, 3.63) is 74.3 Å². The van der Waals surface area contributed by atoms with Crippen molar-refractivity contribution in [2.24, 2.45) is 0 Å². The van der Waals surface area contributed by atoms with Gasteiger partial charge < -0.3 is 4.90 Å². The lowest BCUT2D eigenvalue weighted by Gasteiger charge is -2.18. The number of nitrogens with zero attached hydrogens (tertiary/aromatic N) is 2. The first-order valence-electron chi connectivity index (χ1n) is 6.43. The molecule has 0 aliphatic heterocycles. The average molecular weight is 341 g/mol. The Morgan fingerprint density at radius 1 is 1.26 bits per heavy atom. The van der Waals surface area contributed by atoms with Gasteiger partial charge >= 0.3 is 0 Å². The van der Waals surface area contributed by atoms with Gasteiger partial charge in [-0.25, -0.2) is 8.78 Å². The second-order valence-electron chi connectivity index (χ2n) is 4.82. The molecule has 0 saturated carbocycles. The van der Waals surface area contributed by atoms with Crippen LogP contribution in [-0.2, 0) is 6.54 Å². The fraction of sp³-hybridized carbons (Fsp3) is 0.133. The highest BCUT2D eigenvalue weighted by molar-refractivity contribution is 6.31. The van der Waals surface area contributed by atoms with Crippen LogP contribution in [0, 0.1) is 21.7 Å². The molecule has 0 N–H and O–H groups in total. The third-order valence-electron chi connectivity index (χ3n) is 3.16. The van der Waals surface area contributed by atoms with Gasteiger partial charge in [-0.3, -0.25) is 14.9 Å². The molecule has 0 bridgehead atoms. The molecule has 0 saturated heterocycles. The average Bonchev–Trinajstić information content (AvgIpc) is 2.48. The molecule has 1 amide bonds. The van der Waals surface area contributed by atoms with Gasteiger partial charge in [0.25, 0.3) is 11.6 Å². The van der Waals surface area contributed by atoms with E-state index in [-0.39, 0.29) is 22.8 Å². The Hall–Kier alpha value is -2.54. The molecule has 0 aromatic heterocycles. The summed E-state index contributed by atoms with van der Waals surface area (Å²) >= 11 is 5.96. The van der Waals surface area contributed by atoms with E-state index in [0.717, 1.165) is 17.0 Å². The lowest BCUT2D eigenvalue weighted by atomic mass is 10.1. The van der Waals surface area contributed by atoms with Crippen molar-refractivity contribution >= 4 is 23.2 Å². The largest absolute Gasteiger partial charge is 0.337 e. The number of nitro benzene ring substituents is 1. The smallest absolute Gasteiger partial charge is 0.269 e. The highest BCUT2D eigenvalue weighted by Gasteiger charge is 2.19. The topological polar surface area (TPSA) is 63.4 Å². The van der Waals surface area contributed by atoms with E-state index >= 15 is 0 Å². The molecular formula is C15H11ClF2N2O3. The second-order valence-corrected chi connectivity index (χ2v) is 5.23. The first kappa shape index (κ1) is 16.8. The zero-order valence-electron chi connectivity index (χ0n) is 11.9. The van der Waals surface area contributed by atoms with Gasteiger partial charge in [-0.2, -0.15) is 0 Å². The maximum atomic E-state index is 13.6. The minimum atomic E-state index is -0.980. The highest BCUT2D eigenvalue weighted by atomic mass is 35.5. The van der Waals surface area contributed by atoms with Crippen LogP contribution >= 0.6 is 11.6 Å². The summed E-state index contributed by atoms with van der Waals surface area (Å²) in [6, 6.07) is 6.47. The van der Waals surface area contributed by atoms with E-state index in [1.807, 2.05) is 0 Å². The quantitative estimate of drug-likeness (QED) is 0.628. The number of benzene rings is 2. The van der Waals surface area contributed by atoms with E-state index in [9.17, 15) is 23.7 Å². The number of halogens is 3. The lowest BCUT2D eigenvalue weighted by molar-refractivity contribution is -0.384. The fourth-order valence-electron chi connectivity index (χ4n) is 1.99. The van der Waals surface area contributed by atoms with Gasteiger partial charge in [-0.05, 0) is 23.8 Å². The maximum absolute atomic E-state index is 13.6. The monoisotopic (exact) mass is 340 g/mol. The molecule has 8 heteroatoms. The van der Waals surface area contributed by atoms with Crippen molar-refractivity contribution in [3.8, 4) is 0 Å². The van der Waals surface area contributed by atoms with Crippen LogP contribution in [0.25, 0.3) is 0 Å². The van der Waals surface area contributed by atoms with Crippen molar-refractivity contribution in [3.63, 3.8) is 0 Å². The molecule has 0 aliphatic carbocycles. The van der Waals surface area contributed by atoms with Crippen LogP contribution in [0.1, 0.15) is 15.9 Å². The van der Waals surface area contributed by atoms with E-state index < -0.39 is 22.5 Å². The number of nitro groups is 1. The Bertz CT molecular complexity index is 783. The number of amides is 1. The molecule has 0 aliphatic rings. The van der Waals surface area contributed by atoms with E-state index in [2.05, 4.69) is 0 Å². The van der Waals surface area contributed by atoms with Gasteiger partial charge in [-0.15, -0.1) is 0 Å². The van der Waals surface area contributed by atoms with Crippen LogP contribution in [0.2, 0.25) is 5.02 Å². The van der Waals surface area contributed by atoms with Crippen LogP contribution in [0.3, 0.4) is 0 Å². The molecule has 0 spiro atoms. The van der Waals surface area contributed by atoms with E-state index in [1.165, 1.54) is 25.2 Å². The van der Waals surface area contributed by atoms with Gasteiger partial charge in [0.2, 0.25) is 0 Å². The summed E-state index contributed by atoms with van der Waals surface area (Å²) in [6.07, 6.45) is 0. The predicted octanol–water partition coefficient (Wildman–Crippen LogP) is 3.80. The summed E-state index contributed by atoms with van der Waals surface area (Å²) in [5, 5.41) is 11.0. The van der Waals surface area contributed by atoms with Crippen LogP contribution in [0.15, 0.2) is 36.4 Å². The van der Waals surface area contributed by atoms with Crippen molar-refractivity contribution in [2.75, 3.05) is 7.05 Å². The number of non-ortho nitro benzene ring substituents is 1. The van der Waals surface area contributed by atoms with E-state index in [4.69, 9.17) is 11.6 Å². The number of hydrogen-bond acceptors (Lipinski definition) is 3. The number of rotatable bonds is 4. The number of carbonyl (C=O) groups is 1. The summed E-state index contributed by atoms with van der Waals surface area (Å²) in [5.74, 6) is -2.46. The normalized spacial score (nSPS) is 10.4. The van der Waals surface area contributed by atoms with Crippen LogP contribution < -0.4 is 0 Å². The SMILES string of the molecule is CN(Cc1cc([N+](=O)[O-])ccc1Cl)C(=O)c1ccc(F)cc1F. The summed E-state index contributed by atoms with van der Waals surface area (Å²) in [5.41, 5.74) is -0.118. The van der Waals surface area contributed by atoms with Crippen molar-refractivity contribution in [2.45, 2.75) is 6.54 Å². The van der Waals surface area contributed by atoms with E-state index in [0.29, 0.717) is 11.6 Å². The third-order valence-corrected chi connectivity index (χ3v) is 3.52. The third kappa shape index (κ3) is 3.81. The molecule has 2 aromatic carbocycles. The molecule has 120 valence electrons. The molecule has 0 unspecified atom stereocenters. The van der Waals surface area contributed by atoms with E-state index in [1.54, 1.807) is 0 Å². The first-order chi connectivity index (χ1) is 10.8. The van der Waals surface area contributed by atoms with Gasteiger partial charge in [0.15, 0.2) is 0 Å². The molecule has 0 heterocycles. The minimum Gasteiger partial charge on any atom is -0.337 e. The Morgan fingerprint density at radius 3 is 2.57 bits per heavy atom. The van der Waals surface area contributed by atoms with Crippen LogP contribution in [0.4, 0.5) is 14.5 Å². The zero-order valence-corrected chi connectivity index (χ0v) is 12.7. The Kier molecular flexibility index (Phi) is 4.90. The zero-order chi connectivity index (χ0) is 17.1. The summed E-state index contributed by atoms with van der Waals surface area (Å²) in [4.78, 5) is 23.5. The van der Waals surface area contributed by atoms with Crippen molar-refractivity contribution in [1.29, 1.82) is 0 Å².